The molecule has 0 amide bonds. The van der Waals surface area contributed by atoms with Gasteiger partial charge in [-0.2, -0.15) is 0 Å². The van der Waals surface area contributed by atoms with Crippen LogP contribution in [0.2, 0.25) is 0 Å². The number of unbranched alkanes of at least 4 members (excludes halogenated alkanes) is 24. The summed E-state index contributed by atoms with van der Waals surface area (Å²) in [6, 6.07) is 0. The average Bonchev–Trinajstić information content (AvgIpc) is 3.32. The van der Waals surface area contributed by atoms with Gasteiger partial charge >= 0.3 is 25.7 Å². The van der Waals surface area contributed by atoms with Gasteiger partial charge in [-0.25, -0.2) is 4.57 Å². The van der Waals surface area contributed by atoms with E-state index in [9.17, 15) is 28.9 Å². The second kappa shape index (κ2) is 50.6. The molecule has 0 radical (unpaired) electrons. The lowest BCUT2D eigenvalue weighted by Crippen LogP contribution is -2.30. The monoisotopic (exact) mass is 979 g/mol. The van der Waals surface area contributed by atoms with Crippen molar-refractivity contribution in [3.63, 3.8) is 0 Å². The van der Waals surface area contributed by atoms with Gasteiger partial charge in [0.05, 0.1) is 26.2 Å². The Morgan fingerprint density at radius 2 is 0.750 bits per heavy atom. The Labute approximate surface area is 415 Å². The van der Waals surface area contributed by atoms with E-state index in [1.165, 1.54) is 116 Å². The van der Waals surface area contributed by atoms with Crippen LogP contribution in [0.5, 0.6) is 0 Å². The third kappa shape index (κ3) is 48.2. The van der Waals surface area contributed by atoms with Crippen LogP contribution in [0.25, 0.3) is 0 Å². The van der Waals surface area contributed by atoms with Crippen LogP contribution < -0.4 is 0 Å². The van der Waals surface area contributed by atoms with E-state index in [1.807, 2.05) is 12.2 Å². The molecule has 0 aliphatic carbocycles. The first-order valence-electron chi connectivity index (χ1n) is 27.2. The number of rotatable bonds is 50. The molecule has 68 heavy (non-hydrogen) atoms. The lowest BCUT2D eigenvalue weighted by Gasteiger charge is -2.21. The molecule has 0 fully saturated rings. The summed E-state index contributed by atoms with van der Waals surface area (Å²) in [5.74, 6) is -1.61. The molecule has 0 aromatic heterocycles. The maximum Gasteiger partial charge on any atom is 0.472 e. The Hall–Kier alpha value is -2.82. The minimum Gasteiger partial charge on any atom is -0.461 e. The molecule has 0 aromatic rings. The van der Waals surface area contributed by atoms with Crippen molar-refractivity contribution in [3.05, 3.63) is 60.8 Å². The maximum atomic E-state index is 12.9. The fourth-order valence-electron chi connectivity index (χ4n) is 7.37. The summed E-state index contributed by atoms with van der Waals surface area (Å²) >= 11 is 0. The SMILES string of the molecule is CC/C=C\C/C=C\C/C=C\C/C=C\C/C=C\CC(=O)OCC(COP(=O)(O)OCC(CO)OC(=O)CCCCCCCCCCC)OC(=O)CCCCCCCCCCCCCCCCCCC. The van der Waals surface area contributed by atoms with Crippen molar-refractivity contribution in [1.82, 2.24) is 0 Å². The molecular weight excluding hydrogens is 880 g/mol. The zero-order valence-electron chi connectivity index (χ0n) is 43.3. The van der Waals surface area contributed by atoms with Gasteiger partial charge in [0.2, 0.25) is 0 Å². The van der Waals surface area contributed by atoms with Gasteiger partial charge in [0.25, 0.3) is 0 Å². The number of aliphatic hydroxyl groups excluding tert-OH is 1. The number of phosphoric acid groups is 1. The Morgan fingerprint density at radius 3 is 1.12 bits per heavy atom. The fraction of sp³-hybridized carbons (Fsp3) is 0.768. The summed E-state index contributed by atoms with van der Waals surface area (Å²) in [4.78, 5) is 48.2. The van der Waals surface area contributed by atoms with Gasteiger partial charge in [-0.05, 0) is 44.9 Å². The third-order valence-electron chi connectivity index (χ3n) is 11.5. The zero-order chi connectivity index (χ0) is 49.9. The van der Waals surface area contributed by atoms with Crippen molar-refractivity contribution in [2.24, 2.45) is 0 Å². The van der Waals surface area contributed by atoms with E-state index in [0.717, 1.165) is 64.2 Å². The van der Waals surface area contributed by atoms with Crippen molar-refractivity contribution >= 4 is 25.7 Å². The minimum atomic E-state index is -4.76. The van der Waals surface area contributed by atoms with E-state index in [0.29, 0.717) is 19.3 Å². The van der Waals surface area contributed by atoms with E-state index in [4.69, 9.17) is 23.3 Å². The quantitative estimate of drug-likeness (QED) is 0.0197. The van der Waals surface area contributed by atoms with E-state index >= 15 is 0 Å². The van der Waals surface area contributed by atoms with Crippen LogP contribution in [0, 0.1) is 0 Å². The number of esters is 3. The molecule has 3 unspecified atom stereocenters. The first-order valence-corrected chi connectivity index (χ1v) is 28.7. The molecule has 0 heterocycles. The average molecular weight is 979 g/mol. The summed E-state index contributed by atoms with van der Waals surface area (Å²) in [6.45, 7) is 4.41. The zero-order valence-corrected chi connectivity index (χ0v) is 44.2. The molecule has 0 rings (SSSR count). The first-order chi connectivity index (χ1) is 33.2. The Bertz CT molecular complexity index is 1370. The lowest BCUT2D eigenvalue weighted by atomic mass is 10.0. The number of aliphatic hydroxyl groups is 1. The minimum absolute atomic E-state index is 0.00367. The summed E-state index contributed by atoms with van der Waals surface area (Å²) < 4.78 is 39.2. The van der Waals surface area contributed by atoms with Crippen molar-refractivity contribution in [1.29, 1.82) is 0 Å². The predicted molar refractivity (Wildman–Crippen MR) is 279 cm³/mol. The van der Waals surface area contributed by atoms with Gasteiger partial charge in [-0.15, -0.1) is 0 Å². The van der Waals surface area contributed by atoms with E-state index in [2.05, 4.69) is 63.3 Å². The Kier molecular flexibility index (Phi) is 48.5. The summed E-state index contributed by atoms with van der Waals surface area (Å²) in [6.07, 6.45) is 53.7. The second-order valence-corrected chi connectivity index (χ2v) is 19.5. The molecule has 0 aliphatic rings. The number of ether oxygens (including phenoxy) is 3. The van der Waals surface area contributed by atoms with Gasteiger partial charge in [0, 0.05) is 12.8 Å². The predicted octanol–water partition coefficient (Wildman–Crippen LogP) is 15.6. The standard InChI is InChI=1S/C56H99O11P/c1-4-7-10-13-16-19-21-23-25-26-28-30-32-35-38-41-44-47-56(60)67-53(49-63-54(58)45-42-39-36-34-31-29-27-24-22-20-17-14-11-8-5-2)51-65-68(61,62)64-50-52(48-57)66-55(59)46-43-40-37-33-18-15-12-9-6-3/h8,11,17,20,24,27,31,34,39,42,52-53,57H,4-7,9-10,12-16,18-19,21-23,25-26,28-30,32-33,35-38,40-41,43-51H2,1-3H3,(H,61,62)/b11-8-,20-17-,27-24-,34-31-,42-39-. The van der Waals surface area contributed by atoms with E-state index < -0.39 is 57.8 Å². The summed E-state index contributed by atoms with van der Waals surface area (Å²) in [5.41, 5.74) is 0. The first kappa shape index (κ1) is 65.2. The largest absolute Gasteiger partial charge is 0.472 e. The topological polar surface area (TPSA) is 155 Å². The van der Waals surface area contributed by atoms with Crippen LogP contribution in [0.15, 0.2) is 60.8 Å². The van der Waals surface area contributed by atoms with Crippen molar-refractivity contribution in [2.45, 2.75) is 251 Å². The highest BCUT2D eigenvalue weighted by molar-refractivity contribution is 7.47. The van der Waals surface area contributed by atoms with Crippen molar-refractivity contribution in [2.75, 3.05) is 26.4 Å². The third-order valence-corrected chi connectivity index (χ3v) is 12.4. The van der Waals surface area contributed by atoms with Gasteiger partial charge in [0.15, 0.2) is 6.10 Å². The number of allylic oxidation sites excluding steroid dienone is 9. The van der Waals surface area contributed by atoms with E-state index in [1.54, 1.807) is 6.08 Å². The van der Waals surface area contributed by atoms with Gasteiger partial charge in [-0.1, -0.05) is 236 Å². The molecule has 394 valence electrons. The summed E-state index contributed by atoms with van der Waals surface area (Å²) in [5, 5.41) is 9.75. The molecular formula is C56H99O11P. The molecule has 0 saturated carbocycles. The van der Waals surface area contributed by atoms with Crippen LogP contribution in [-0.4, -0.2) is 66.5 Å². The highest BCUT2D eigenvalue weighted by Crippen LogP contribution is 2.43. The molecule has 0 saturated heterocycles. The maximum absolute atomic E-state index is 12.9. The van der Waals surface area contributed by atoms with Crippen LogP contribution >= 0.6 is 7.82 Å². The van der Waals surface area contributed by atoms with Crippen molar-refractivity contribution in [3.8, 4) is 0 Å². The molecule has 3 atom stereocenters. The van der Waals surface area contributed by atoms with Crippen LogP contribution in [0.4, 0.5) is 0 Å². The normalized spacial score (nSPS) is 13.9. The molecule has 0 bridgehead atoms. The lowest BCUT2D eigenvalue weighted by molar-refractivity contribution is -0.161. The molecule has 0 aromatic carbocycles. The van der Waals surface area contributed by atoms with Crippen molar-refractivity contribution < 1.29 is 52.2 Å². The Morgan fingerprint density at radius 1 is 0.426 bits per heavy atom. The van der Waals surface area contributed by atoms with Crippen LogP contribution in [-0.2, 0) is 42.2 Å². The number of carbonyl (C=O) groups is 3. The number of phosphoric ester groups is 1. The molecule has 11 nitrogen and oxygen atoms in total. The Balaban J connectivity index is 4.81. The number of hydrogen-bond donors (Lipinski definition) is 2. The number of carbonyl (C=O) groups excluding carboxylic acids is 3. The number of hydrogen-bond acceptors (Lipinski definition) is 10. The van der Waals surface area contributed by atoms with Gasteiger partial charge < -0.3 is 24.2 Å². The van der Waals surface area contributed by atoms with Gasteiger partial charge in [0.1, 0.15) is 12.7 Å². The van der Waals surface area contributed by atoms with Crippen LogP contribution in [0.3, 0.4) is 0 Å². The molecule has 0 aliphatic heterocycles. The molecule has 12 heteroatoms. The highest BCUT2D eigenvalue weighted by Gasteiger charge is 2.28. The van der Waals surface area contributed by atoms with Crippen LogP contribution in [0.1, 0.15) is 239 Å². The van der Waals surface area contributed by atoms with E-state index in [-0.39, 0.29) is 25.9 Å². The van der Waals surface area contributed by atoms with Gasteiger partial charge in [-0.3, -0.25) is 23.4 Å². The molecule has 2 N–H and O–H groups in total. The summed E-state index contributed by atoms with van der Waals surface area (Å²) in [7, 11) is -4.76. The molecule has 0 spiro atoms. The second-order valence-electron chi connectivity index (χ2n) is 18.0. The fourth-order valence-corrected chi connectivity index (χ4v) is 8.15. The smallest absolute Gasteiger partial charge is 0.461 e. The highest BCUT2D eigenvalue weighted by atomic mass is 31.2.